The Hall–Kier alpha value is -1.71. The van der Waals surface area contributed by atoms with Crippen molar-refractivity contribution < 1.29 is 4.79 Å². The van der Waals surface area contributed by atoms with Crippen LogP contribution < -0.4 is 15.5 Å². The maximum absolute atomic E-state index is 11.6. The summed E-state index contributed by atoms with van der Waals surface area (Å²) < 4.78 is 0. The van der Waals surface area contributed by atoms with Crippen LogP contribution in [0, 0.1) is 5.92 Å². The molecule has 1 saturated carbocycles. The fourth-order valence-electron chi connectivity index (χ4n) is 3.29. The van der Waals surface area contributed by atoms with Gasteiger partial charge >= 0.3 is 6.03 Å². The molecule has 1 aliphatic heterocycles. The van der Waals surface area contributed by atoms with Crippen LogP contribution in [0.3, 0.4) is 0 Å². The molecule has 0 radical (unpaired) electrons. The molecule has 1 saturated heterocycles. The number of rotatable bonds is 4. The average Bonchev–Trinajstić information content (AvgIpc) is 3.11. The molecule has 20 heavy (non-hydrogen) atoms. The molecule has 1 aromatic carbocycles. The molecule has 0 spiro atoms. The molecule has 1 aromatic rings. The van der Waals surface area contributed by atoms with Gasteiger partial charge in [0.15, 0.2) is 0 Å². The maximum Gasteiger partial charge on any atom is 0.321 e. The average molecular weight is 273 g/mol. The van der Waals surface area contributed by atoms with E-state index in [1.807, 2.05) is 12.1 Å². The second kappa shape index (κ2) is 5.73. The van der Waals surface area contributed by atoms with Crippen LogP contribution in [-0.2, 0) is 0 Å². The summed E-state index contributed by atoms with van der Waals surface area (Å²) in [6.45, 7) is 3.76. The van der Waals surface area contributed by atoms with Gasteiger partial charge in [0.1, 0.15) is 0 Å². The molecule has 0 bridgehead atoms. The Kier molecular flexibility index (Phi) is 3.81. The zero-order valence-electron chi connectivity index (χ0n) is 12.1. The highest BCUT2D eigenvalue weighted by molar-refractivity contribution is 5.94. The summed E-state index contributed by atoms with van der Waals surface area (Å²) >= 11 is 0. The van der Waals surface area contributed by atoms with Gasteiger partial charge in [-0.3, -0.25) is 4.90 Å². The minimum atomic E-state index is 0.00466. The number of benzene rings is 1. The van der Waals surface area contributed by atoms with E-state index in [0.29, 0.717) is 6.04 Å². The standard InChI is InChI=1S/C16H23N3O/c1-12(13-4-2-3-5-13)18-14-6-8-15(9-7-14)19-11-10-17-16(19)20/h6-9,12-13,18H,2-5,10-11H2,1H3,(H,17,20). The van der Waals surface area contributed by atoms with Crippen molar-refractivity contribution in [2.24, 2.45) is 5.92 Å². The lowest BCUT2D eigenvalue weighted by Gasteiger charge is -2.22. The lowest BCUT2D eigenvalue weighted by Crippen LogP contribution is -2.27. The molecule has 1 unspecified atom stereocenters. The Morgan fingerprint density at radius 1 is 1.25 bits per heavy atom. The lowest BCUT2D eigenvalue weighted by molar-refractivity contribution is 0.252. The smallest absolute Gasteiger partial charge is 0.321 e. The Bertz CT molecular complexity index is 465. The van der Waals surface area contributed by atoms with Crippen molar-refractivity contribution in [3.05, 3.63) is 24.3 Å². The molecule has 4 heteroatoms. The van der Waals surface area contributed by atoms with Gasteiger partial charge in [0.25, 0.3) is 0 Å². The third-order valence-corrected chi connectivity index (χ3v) is 4.54. The first-order valence-electron chi connectivity index (χ1n) is 7.66. The molecule has 2 N–H and O–H groups in total. The van der Waals surface area contributed by atoms with Crippen molar-refractivity contribution in [3.63, 3.8) is 0 Å². The summed E-state index contributed by atoms with van der Waals surface area (Å²) in [5, 5.41) is 6.42. The van der Waals surface area contributed by atoms with Crippen LogP contribution in [0.4, 0.5) is 16.2 Å². The molecule has 3 rings (SSSR count). The largest absolute Gasteiger partial charge is 0.382 e. The van der Waals surface area contributed by atoms with Crippen LogP contribution in [0.15, 0.2) is 24.3 Å². The Labute approximate surface area is 120 Å². The van der Waals surface area contributed by atoms with E-state index < -0.39 is 0 Å². The number of nitrogens with zero attached hydrogens (tertiary/aromatic N) is 1. The zero-order valence-corrected chi connectivity index (χ0v) is 12.1. The highest BCUT2D eigenvalue weighted by Gasteiger charge is 2.22. The SMILES string of the molecule is CC(Nc1ccc(N2CCNC2=O)cc1)C1CCCC1. The van der Waals surface area contributed by atoms with E-state index in [-0.39, 0.29) is 6.03 Å². The summed E-state index contributed by atoms with van der Waals surface area (Å²) in [7, 11) is 0. The summed E-state index contributed by atoms with van der Waals surface area (Å²) in [4.78, 5) is 13.4. The molecule has 1 heterocycles. The van der Waals surface area contributed by atoms with Gasteiger partial charge in [-0.05, 0) is 49.9 Å². The fraction of sp³-hybridized carbons (Fsp3) is 0.562. The lowest BCUT2D eigenvalue weighted by atomic mass is 9.99. The highest BCUT2D eigenvalue weighted by Crippen LogP contribution is 2.29. The van der Waals surface area contributed by atoms with Gasteiger partial charge in [0, 0.05) is 30.5 Å². The zero-order chi connectivity index (χ0) is 13.9. The molecule has 0 aromatic heterocycles. The van der Waals surface area contributed by atoms with Crippen molar-refractivity contribution in [3.8, 4) is 0 Å². The minimum Gasteiger partial charge on any atom is -0.382 e. The molecule has 1 aliphatic carbocycles. The third-order valence-electron chi connectivity index (χ3n) is 4.54. The van der Waals surface area contributed by atoms with Crippen LogP contribution in [0.25, 0.3) is 0 Å². The Morgan fingerprint density at radius 2 is 1.95 bits per heavy atom. The molecule has 2 aliphatic rings. The second-order valence-electron chi connectivity index (χ2n) is 5.91. The van der Waals surface area contributed by atoms with E-state index in [4.69, 9.17) is 0 Å². The quantitative estimate of drug-likeness (QED) is 0.884. The van der Waals surface area contributed by atoms with Crippen LogP contribution in [-0.4, -0.2) is 25.2 Å². The molecule has 108 valence electrons. The Morgan fingerprint density at radius 3 is 2.55 bits per heavy atom. The summed E-state index contributed by atoms with van der Waals surface area (Å²) in [6.07, 6.45) is 5.44. The van der Waals surface area contributed by atoms with Crippen LogP contribution in [0.5, 0.6) is 0 Å². The first kappa shape index (κ1) is 13.3. The number of urea groups is 1. The number of carbonyl (C=O) groups excluding carboxylic acids is 1. The second-order valence-corrected chi connectivity index (χ2v) is 5.91. The van der Waals surface area contributed by atoms with Gasteiger partial charge in [0.2, 0.25) is 0 Å². The number of carbonyl (C=O) groups is 1. The number of nitrogens with one attached hydrogen (secondary N) is 2. The van der Waals surface area contributed by atoms with Crippen molar-refractivity contribution in [2.45, 2.75) is 38.6 Å². The first-order chi connectivity index (χ1) is 9.74. The van der Waals surface area contributed by atoms with E-state index in [0.717, 1.165) is 30.4 Å². The van der Waals surface area contributed by atoms with Gasteiger partial charge in [-0.2, -0.15) is 0 Å². The van der Waals surface area contributed by atoms with Gasteiger partial charge < -0.3 is 10.6 Å². The number of hydrogen-bond acceptors (Lipinski definition) is 2. The normalized spacial score (nSPS) is 21.1. The van der Waals surface area contributed by atoms with Gasteiger partial charge in [0.05, 0.1) is 0 Å². The van der Waals surface area contributed by atoms with Crippen LogP contribution in [0.1, 0.15) is 32.6 Å². The maximum atomic E-state index is 11.6. The molecule has 2 amide bonds. The van der Waals surface area contributed by atoms with Gasteiger partial charge in [-0.15, -0.1) is 0 Å². The van der Waals surface area contributed by atoms with E-state index in [9.17, 15) is 4.79 Å². The summed E-state index contributed by atoms with van der Waals surface area (Å²) in [6, 6.07) is 8.73. The van der Waals surface area contributed by atoms with E-state index in [1.165, 1.54) is 25.7 Å². The van der Waals surface area contributed by atoms with Crippen LogP contribution in [0.2, 0.25) is 0 Å². The van der Waals surface area contributed by atoms with Crippen molar-refractivity contribution >= 4 is 17.4 Å². The molecule has 2 fully saturated rings. The number of anilines is 2. The molecular weight excluding hydrogens is 250 g/mol. The topological polar surface area (TPSA) is 44.4 Å². The molecule has 4 nitrogen and oxygen atoms in total. The summed E-state index contributed by atoms with van der Waals surface area (Å²) in [5.41, 5.74) is 2.12. The number of hydrogen-bond donors (Lipinski definition) is 2. The predicted octanol–water partition coefficient (Wildman–Crippen LogP) is 3.21. The Balaban J connectivity index is 1.62. The first-order valence-corrected chi connectivity index (χ1v) is 7.66. The van der Waals surface area contributed by atoms with Gasteiger partial charge in [-0.1, -0.05) is 12.8 Å². The van der Waals surface area contributed by atoms with E-state index in [2.05, 4.69) is 29.7 Å². The van der Waals surface area contributed by atoms with Crippen molar-refractivity contribution in [1.29, 1.82) is 0 Å². The van der Waals surface area contributed by atoms with Crippen molar-refractivity contribution in [1.82, 2.24) is 5.32 Å². The monoisotopic (exact) mass is 273 g/mol. The highest BCUT2D eigenvalue weighted by atomic mass is 16.2. The van der Waals surface area contributed by atoms with E-state index in [1.54, 1.807) is 4.90 Å². The van der Waals surface area contributed by atoms with E-state index >= 15 is 0 Å². The molecular formula is C16H23N3O. The van der Waals surface area contributed by atoms with Crippen LogP contribution >= 0.6 is 0 Å². The predicted molar refractivity (Wildman–Crippen MR) is 82.2 cm³/mol. The third kappa shape index (κ3) is 2.74. The number of amides is 2. The van der Waals surface area contributed by atoms with Crippen molar-refractivity contribution in [2.75, 3.05) is 23.3 Å². The molecule has 1 atom stereocenters. The van der Waals surface area contributed by atoms with Gasteiger partial charge in [-0.25, -0.2) is 4.79 Å². The minimum absolute atomic E-state index is 0.00466. The fourth-order valence-corrected chi connectivity index (χ4v) is 3.29. The summed E-state index contributed by atoms with van der Waals surface area (Å²) in [5.74, 6) is 0.805.